The van der Waals surface area contributed by atoms with Crippen molar-refractivity contribution in [1.29, 1.82) is 0 Å². The normalized spacial score (nSPS) is 14.0. The van der Waals surface area contributed by atoms with Gasteiger partial charge in [-0.1, -0.05) is 19.0 Å². The van der Waals surface area contributed by atoms with E-state index >= 15 is 0 Å². The van der Waals surface area contributed by atoms with E-state index < -0.39 is 10.0 Å². The predicted molar refractivity (Wildman–Crippen MR) is 73.5 cm³/mol. The van der Waals surface area contributed by atoms with Crippen molar-refractivity contribution in [1.82, 2.24) is 14.8 Å². The smallest absolute Gasteiger partial charge is 0.246 e. The molecule has 0 aromatic carbocycles. The average Bonchev–Trinajstić information content (AvgIpc) is 2.69. The van der Waals surface area contributed by atoms with Crippen molar-refractivity contribution < 1.29 is 12.9 Å². The van der Waals surface area contributed by atoms with E-state index in [-0.39, 0.29) is 10.9 Å². The summed E-state index contributed by atoms with van der Waals surface area (Å²) in [6.45, 7) is 11.5. The SMILES string of the molecule is CCN(CC)C(C)CNS(=O)(=O)c1c(C)noc1C. The van der Waals surface area contributed by atoms with E-state index in [9.17, 15) is 8.42 Å². The van der Waals surface area contributed by atoms with Gasteiger partial charge in [-0.25, -0.2) is 13.1 Å². The summed E-state index contributed by atoms with van der Waals surface area (Å²) in [6, 6.07) is 0.144. The number of rotatable bonds is 7. The van der Waals surface area contributed by atoms with Crippen LogP contribution in [0.5, 0.6) is 0 Å². The monoisotopic (exact) mass is 289 g/mol. The quantitative estimate of drug-likeness (QED) is 0.819. The van der Waals surface area contributed by atoms with E-state index in [0.717, 1.165) is 13.1 Å². The molecule has 0 amide bonds. The van der Waals surface area contributed by atoms with Gasteiger partial charge < -0.3 is 4.52 Å². The van der Waals surface area contributed by atoms with Crippen LogP contribution in [0.15, 0.2) is 9.42 Å². The van der Waals surface area contributed by atoms with Gasteiger partial charge in [-0.05, 0) is 33.9 Å². The van der Waals surface area contributed by atoms with Crippen LogP contribution < -0.4 is 4.72 Å². The Hall–Kier alpha value is -0.920. The zero-order valence-corrected chi connectivity index (χ0v) is 13.0. The third-order valence-corrected chi connectivity index (χ3v) is 4.91. The number of likely N-dealkylation sites (N-methyl/N-ethyl adjacent to an activating group) is 1. The predicted octanol–water partition coefficient (Wildman–Crippen LogP) is 1.30. The minimum Gasteiger partial charge on any atom is -0.360 e. The maximum atomic E-state index is 12.2. The summed E-state index contributed by atoms with van der Waals surface area (Å²) in [6.07, 6.45) is 0. The van der Waals surface area contributed by atoms with Crippen LogP contribution in [0.1, 0.15) is 32.2 Å². The van der Waals surface area contributed by atoms with Crippen molar-refractivity contribution in [2.75, 3.05) is 19.6 Å². The fourth-order valence-electron chi connectivity index (χ4n) is 2.14. The summed E-state index contributed by atoms with van der Waals surface area (Å²) in [7, 11) is -3.56. The third-order valence-electron chi connectivity index (χ3n) is 3.24. The molecule has 0 aliphatic heterocycles. The Balaban J connectivity index is 2.77. The van der Waals surface area contributed by atoms with Gasteiger partial charge in [-0.3, -0.25) is 4.90 Å². The van der Waals surface area contributed by atoms with Crippen molar-refractivity contribution in [3.63, 3.8) is 0 Å². The molecule has 0 aliphatic rings. The van der Waals surface area contributed by atoms with E-state index in [1.807, 2.05) is 6.92 Å². The molecule has 0 aliphatic carbocycles. The number of hydrogen-bond acceptors (Lipinski definition) is 5. The molecular formula is C12H23N3O3S. The van der Waals surface area contributed by atoms with Gasteiger partial charge in [0.15, 0.2) is 5.76 Å². The van der Waals surface area contributed by atoms with Gasteiger partial charge in [0.05, 0.1) is 0 Å². The molecule has 1 rings (SSSR count). The average molecular weight is 289 g/mol. The second-order valence-electron chi connectivity index (χ2n) is 4.58. The Kier molecular flexibility index (Phi) is 5.51. The standard InChI is InChI=1S/C12H23N3O3S/c1-6-15(7-2)9(3)8-13-19(16,17)12-10(4)14-18-11(12)5/h9,13H,6-8H2,1-5H3. The Morgan fingerprint density at radius 1 is 1.32 bits per heavy atom. The highest BCUT2D eigenvalue weighted by atomic mass is 32.2. The van der Waals surface area contributed by atoms with Gasteiger partial charge in [-0.2, -0.15) is 0 Å². The Labute approximate surface area is 115 Å². The second-order valence-corrected chi connectivity index (χ2v) is 6.28. The summed E-state index contributed by atoms with van der Waals surface area (Å²) in [4.78, 5) is 2.34. The first-order valence-corrected chi connectivity index (χ1v) is 7.98. The maximum Gasteiger partial charge on any atom is 0.246 e. The van der Waals surface area contributed by atoms with E-state index in [1.54, 1.807) is 13.8 Å². The first-order chi connectivity index (χ1) is 8.83. The highest BCUT2D eigenvalue weighted by Crippen LogP contribution is 2.18. The maximum absolute atomic E-state index is 12.2. The van der Waals surface area contributed by atoms with Crippen LogP contribution in [0, 0.1) is 13.8 Å². The van der Waals surface area contributed by atoms with Crippen LogP contribution in [0.4, 0.5) is 0 Å². The molecule has 1 atom stereocenters. The first-order valence-electron chi connectivity index (χ1n) is 6.50. The van der Waals surface area contributed by atoms with Crippen molar-refractivity contribution in [3.8, 4) is 0 Å². The molecule has 7 heteroatoms. The van der Waals surface area contributed by atoms with Crippen molar-refractivity contribution in [2.45, 2.75) is 45.6 Å². The van der Waals surface area contributed by atoms with Gasteiger partial charge in [0.1, 0.15) is 10.6 Å². The topological polar surface area (TPSA) is 75.4 Å². The van der Waals surface area contributed by atoms with Crippen LogP contribution >= 0.6 is 0 Å². The lowest BCUT2D eigenvalue weighted by Crippen LogP contribution is -2.42. The molecular weight excluding hydrogens is 266 g/mol. The van der Waals surface area contributed by atoms with E-state index in [2.05, 4.69) is 28.6 Å². The largest absolute Gasteiger partial charge is 0.360 e. The summed E-state index contributed by atoms with van der Waals surface area (Å²) in [5.41, 5.74) is 0.389. The second kappa shape index (κ2) is 6.49. The summed E-state index contributed by atoms with van der Waals surface area (Å²) in [5, 5.41) is 3.67. The number of aryl methyl sites for hydroxylation is 2. The summed E-state index contributed by atoms with van der Waals surface area (Å²) < 4.78 is 31.9. The lowest BCUT2D eigenvalue weighted by molar-refractivity contribution is 0.232. The molecule has 1 heterocycles. The van der Waals surface area contributed by atoms with Crippen LogP contribution in [0.25, 0.3) is 0 Å². The molecule has 110 valence electrons. The van der Waals surface area contributed by atoms with Crippen LogP contribution in [-0.4, -0.2) is 44.2 Å². The molecule has 0 spiro atoms. The molecule has 6 nitrogen and oxygen atoms in total. The number of nitrogens with zero attached hydrogens (tertiary/aromatic N) is 2. The van der Waals surface area contributed by atoms with Crippen molar-refractivity contribution >= 4 is 10.0 Å². The van der Waals surface area contributed by atoms with E-state index in [0.29, 0.717) is 18.0 Å². The molecule has 0 saturated carbocycles. The molecule has 1 aromatic heterocycles. The first kappa shape index (κ1) is 16.1. The zero-order chi connectivity index (χ0) is 14.6. The molecule has 1 aromatic rings. The van der Waals surface area contributed by atoms with Crippen molar-refractivity contribution in [2.24, 2.45) is 0 Å². The van der Waals surface area contributed by atoms with Crippen LogP contribution in [-0.2, 0) is 10.0 Å². The molecule has 0 radical (unpaired) electrons. The lowest BCUT2D eigenvalue weighted by atomic mass is 10.3. The van der Waals surface area contributed by atoms with E-state index in [4.69, 9.17) is 4.52 Å². The van der Waals surface area contributed by atoms with E-state index in [1.165, 1.54) is 0 Å². The Morgan fingerprint density at radius 3 is 2.32 bits per heavy atom. The summed E-state index contributed by atoms with van der Waals surface area (Å²) in [5.74, 6) is 0.320. The molecule has 1 unspecified atom stereocenters. The summed E-state index contributed by atoms with van der Waals surface area (Å²) >= 11 is 0. The molecule has 0 fully saturated rings. The Morgan fingerprint density at radius 2 is 1.89 bits per heavy atom. The number of aromatic nitrogens is 1. The van der Waals surface area contributed by atoms with Gasteiger partial charge in [0.25, 0.3) is 0 Å². The van der Waals surface area contributed by atoms with Gasteiger partial charge in [0, 0.05) is 12.6 Å². The number of nitrogens with one attached hydrogen (secondary N) is 1. The fraction of sp³-hybridized carbons (Fsp3) is 0.750. The fourth-order valence-corrected chi connectivity index (χ4v) is 3.58. The molecule has 0 bridgehead atoms. The molecule has 1 N–H and O–H groups in total. The highest BCUT2D eigenvalue weighted by Gasteiger charge is 2.24. The van der Waals surface area contributed by atoms with Crippen molar-refractivity contribution in [3.05, 3.63) is 11.5 Å². The minimum atomic E-state index is -3.56. The Bertz CT molecular complexity index is 487. The molecule has 0 saturated heterocycles. The lowest BCUT2D eigenvalue weighted by Gasteiger charge is -2.26. The number of sulfonamides is 1. The van der Waals surface area contributed by atoms with Crippen LogP contribution in [0.2, 0.25) is 0 Å². The van der Waals surface area contributed by atoms with Gasteiger partial charge in [-0.15, -0.1) is 0 Å². The van der Waals surface area contributed by atoms with Gasteiger partial charge in [0.2, 0.25) is 10.0 Å². The van der Waals surface area contributed by atoms with Crippen LogP contribution in [0.3, 0.4) is 0 Å². The molecule has 19 heavy (non-hydrogen) atoms. The highest BCUT2D eigenvalue weighted by molar-refractivity contribution is 7.89. The van der Waals surface area contributed by atoms with Gasteiger partial charge >= 0.3 is 0 Å². The third kappa shape index (κ3) is 3.77. The minimum absolute atomic E-state index is 0.144. The zero-order valence-electron chi connectivity index (χ0n) is 12.2. The number of hydrogen-bond donors (Lipinski definition) is 1.